The van der Waals surface area contributed by atoms with Crippen LogP contribution in [0.4, 0.5) is 0 Å². The third-order valence-corrected chi connectivity index (χ3v) is 6.18. The molecule has 2 heterocycles. The molecule has 0 aliphatic heterocycles. The molecule has 31 heavy (non-hydrogen) atoms. The molecule has 8 heteroatoms. The van der Waals surface area contributed by atoms with Gasteiger partial charge in [0, 0.05) is 27.1 Å². The molecule has 156 valence electrons. The van der Waals surface area contributed by atoms with Crippen molar-refractivity contribution in [1.82, 2.24) is 19.9 Å². The van der Waals surface area contributed by atoms with Gasteiger partial charge in [-0.1, -0.05) is 64.2 Å². The summed E-state index contributed by atoms with van der Waals surface area (Å²) in [6, 6.07) is 12.9. The van der Waals surface area contributed by atoms with E-state index in [1.54, 1.807) is 16.8 Å². The van der Waals surface area contributed by atoms with Crippen LogP contribution in [0.25, 0.3) is 28.5 Å². The Morgan fingerprint density at radius 3 is 2.39 bits per heavy atom. The predicted octanol–water partition coefficient (Wildman–Crippen LogP) is 7.29. The van der Waals surface area contributed by atoms with Crippen molar-refractivity contribution in [3.05, 3.63) is 81.1 Å². The molecule has 0 N–H and O–H groups in total. The van der Waals surface area contributed by atoms with Gasteiger partial charge in [0.1, 0.15) is 5.69 Å². The van der Waals surface area contributed by atoms with Crippen LogP contribution < -0.4 is 0 Å². The van der Waals surface area contributed by atoms with Crippen LogP contribution in [0, 0.1) is 6.92 Å². The number of benzene rings is 2. The first-order valence-electron chi connectivity index (χ1n) is 9.81. The van der Waals surface area contributed by atoms with E-state index in [0.717, 1.165) is 29.7 Å². The molecule has 0 atom stereocenters. The monoisotopic (exact) mass is 470 g/mol. The van der Waals surface area contributed by atoms with Crippen LogP contribution in [-0.4, -0.2) is 19.9 Å². The third-order valence-electron chi connectivity index (χ3n) is 5.39. The molecular weight excluding hydrogens is 455 g/mol. The number of aromatic nitrogens is 4. The molecular formula is C23H17Cl3N4O. The quantitative estimate of drug-likeness (QED) is 0.293. The van der Waals surface area contributed by atoms with Crippen LogP contribution in [0.15, 0.2) is 59.1 Å². The van der Waals surface area contributed by atoms with Crippen molar-refractivity contribution < 1.29 is 4.52 Å². The molecule has 0 unspecified atom stereocenters. The zero-order valence-corrected chi connectivity index (χ0v) is 18.8. The van der Waals surface area contributed by atoms with Gasteiger partial charge in [0.2, 0.25) is 11.7 Å². The van der Waals surface area contributed by atoms with Crippen molar-refractivity contribution in [2.24, 2.45) is 0 Å². The molecule has 1 aliphatic rings. The van der Waals surface area contributed by atoms with Gasteiger partial charge in [-0.05, 0) is 50.1 Å². The molecule has 2 aromatic heterocycles. The van der Waals surface area contributed by atoms with Gasteiger partial charge in [0.25, 0.3) is 0 Å². The Morgan fingerprint density at radius 2 is 1.68 bits per heavy atom. The first kappa shape index (κ1) is 20.3. The highest BCUT2D eigenvalue weighted by atomic mass is 35.5. The van der Waals surface area contributed by atoms with Gasteiger partial charge in [-0.15, -0.1) is 0 Å². The van der Waals surface area contributed by atoms with E-state index in [-0.39, 0.29) is 5.92 Å². The van der Waals surface area contributed by atoms with Crippen molar-refractivity contribution in [3.8, 4) is 28.5 Å². The second-order valence-electron chi connectivity index (χ2n) is 7.43. The smallest absolute Gasteiger partial charge is 0.230 e. The molecule has 2 aromatic carbocycles. The fraction of sp³-hybridized carbons (Fsp3) is 0.174. The van der Waals surface area contributed by atoms with E-state index in [4.69, 9.17) is 44.4 Å². The predicted molar refractivity (Wildman–Crippen MR) is 123 cm³/mol. The lowest BCUT2D eigenvalue weighted by atomic mass is 10.1. The van der Waals surface area contributed by atoms with E-state index in [0.29, 0.717) is 38.2 Å². The lowest BCUT2D eigenvalue weighted by Gasteiger charge is -2.11. The van der Waals surface area contributed by atoms with Crippen molar-refractivity contribution in [2.45, 2.75) is 25.7 Å². The summed E-state index contributed by atoms with van der Waals surface area (Å²) in [5.41, 5.74) is 4.05. The number of rotatable bonds is 4. The Bertz CT molecular complexity index is 1280. The minimum atomic E-state index is 0.227. The zero-order chi connectivity index (χ0) is 21.5. The Hall–Kier alpha value is -2.60. The fourth-order valence-electron chi connectivity index (χ4n) is 3.80. The first-order chi connectivity index (χ1) is 15.0. The maximum atomic E-state index is 6.52. The van der Waals surface area contributed by atoms with E-state index < -0.39 is 0 Å². The fourth-order valence-corrected chi connectivity index (χ4v) is 4.41. The summed E-state index contributed by atoms with van der Waals surface area (Å²) in [5.74, 6) is 1.31. The van der Waals surface area contributed by atoms with Gasteiger partial charge < -0.3 is 4.52 Å². The van der Waals surface area contributed by atoms with Crippen LogP contribution in [-0.2, 0) is 0 Å². The standard InChI is InChI=1S/C23H17Cl3N4O/c1-13-20(22-27-23(31-29-22)15-4-2-3-5-15)28-30(19-11-10-17(25)12-18(19)26)21(13)14-6-8-16(24)9-7-14/h2-3,6-12,15H,4-5H2,1H3. The number of halogens is 3. The van der Waals surface area contributed by atoms with Crippen LogP contribution in [0.3, 0.4) is 0 Å². The highest BCUT2D eigenvalue weighted by Gasteiger charge is 2.25. The summed E-state index contributed by atoms with van der Waals surface area (Å²) in [6.45, 7) is 1.99. The minimum Gasteiger partial charge on any atom is -0.339 e. The van der Waals surface area contributed by atoms with Crippen LogP contribution in [0.2, 0.25) is 15.1 Å². The van der Waals surface area contributed by atoms with Gasteiger partial charge in [-0.2, -0.15) is 10.1 Å². The SMILES string of the molecule is Cc1c(-c2noc(C3CC=CC3)n2)nn(-c2ccc(Cl)cc2Cl)c1-c1ccc(Cl)cc1. The average Bonchev–Trinajstić information content (AvgIpc) is 3.48. The van der Waals surface area contributed by atoms with Gasteiger partial charge in [0.15, 0.2) is 0 Å². The highest BCUT2D eigenvalue weighted by Crippen LogP contribution is 2.36. The molecule has 0 spiro atoms. The number of hydrogen-bond acceptors (Lipinski definition) is 4. The van der Waals surface area contributed by atoms with Gasteiger partial charge in [-0.25, -0.2) is 4.68 Å². The summed E-state index contributed by atoms with van der Waals surface area (Å²) in [7, 11) is 0. The van der Waals surface area contributed by atoms with Crippen molar-refractivity contribution in [3.63, 3.8) is 0 Å². The molecule has 0 bridgehead atoms. The van der Waals surface area contributed by atoms with E-state index in [9.17, 15) is 0 Å². The summed E-state index contributed by atoms with van der Waals surface area (Å²) in [5, 5.41) is 10.8. The number of allylic oxidation sites excluding steroid dienone is 2. The molecule has 5 nitrogen and oxygen atoms in total. The lowest BCUT2D eigenvalue weighted by Crippen LogP contribution is -2.00. The minimum absolute atomic E-state index is 0.227. The molecule has 0 radical (unpaired) electrons. The second-order valence-corrected chi connectivity index (χ2v) is 8.71. The van der Waals surface area contributed by atoms with Gasteiger partial charge in [-0.3, -0.25) is 0 Å². The highest BCUT2D eigenvalue weighted by molar-refractivity contribution is 6.35. The zero-order valence-electron chi connectivity index (χ0n) is 16.5. The van der Waals surface area contributed by atoms with Gasteiger partial charge in [0.05, 0.1) is 16.4 Å². The Kier molecular flexibility index (Phi) is 5.34. The molecule has 0 saturated carbocycles. The van der Waals surface area contributed by atoms with Crippen LogP contribution in [0.1, 0.15) is 30.2 Å². The van der Waals surface area contributed by atoms with Crippen molar-refractivity contribution in [2.75, 3.05) is 0 Å². The largest absolute Gasteiger partial charge is 0.339 e. The molecule has 0 amide bonds. The summed E-state index contributed by atoms with van der Waals surface area (Å²) >= 11 is 18.7. The Morgan fingerprint density at radius 1 is 0.968 bits per heavy atom. The third kappa shape index (κ3) is 3.78. The van der Waals surface area contributed by atoms with Crippen molar-refractivity contribution in [1.29, 1.82) is 0 Å². The van der Waals surface area contributed by atoms with E-state index >= 15 is 0 Å². The Labute approximate surface area is 194 Å². The maximum Gasteiger partial charge on any atom is 0.230 e. The number of hydrogen-bond donors (Lipinski definition) is 0. The van der Waals surface area contributed by atoms with E-state index in [1.165, 1.54) is 0 Å². The number of nitrogens with zero attached hydrogens (tertiary/aromatic N) is 4. The first-order valence-corrected chi connectivity index (χ1v) is 10.9. The van der Waals surface area contributed by atoms with Gasteiger partial charge >= 0.3 is 0 Å². The molecule has 1 aliphatic carbocycles. The molecule has 4 aromatic rings. The molecule has 0 fully saturated rings. The Balaban J connectivity index is 1.67. The molecule has 5 rings (SSSR count). The van der Waals surface area contributed by atoms with E-state index in [1.807, 2.05) is 37.3 Å². The summed E-state index contributed by atoms with van der Waals surface area (Å²) in [6.07, 6.45) is 6.09. The van der Waals surface area contributed by atoms with E-state index in [2.05, 4.69) is 22.3 Å². The maximum absolute atomic E-state index is 6.52. The van der Waals surface area contributed by atoms with Crippen LogP contribution in [0.5, 0.6) is 0 Å². The topological polar surface area (TPSA) is 56.7 Å². The molecule has 0 saturated heterocycles. The second kappa shape index (κ2) is 8.15. The van der Waals surface area contributed by atoms with Crippen LogP contribution >= 0.6 is 34.8 Å². The normalized spacial score (nSPS) is 13.9. The van der Waals surface area contributed by atoms with Crippen molar-refractivity contribution >= 4 is 34.8 Å². The lowest BCUT2D eigenvalue weighted by molar-refractivity contribution is 0.357. The summed E-state index contributed by atoms with van der Waals surface area (Å²) in [4.78, 5) is 4.65. The average molecular weight is 472 g/mol. The summed E-state index contributed by atoms with van der Waals surface area (Å²) < 4.78 is 7.35.